The molecule has 108 valence electrons. The Morgan fingerprint density at radius 1 is 1.29 bits per heavy atom. The minimum Gasteiger partial charge on any atom is -0.273 e. The Bertz CT molecular complexity index is 659. The Hall–Kier alpha value is -2.06. The van der Waals surface area contributed by atoms with Gasteiger partial charge in [0.15, 0.2) is 0 Å². The van der Waals surface area contributed by atoms with Crippen molar-refractivity contribution < 1.29 is 9.59 Å². The molecular weight excluding hydrogens is 290 g/mol. The number of nitrogens with zero attached hydrogens (tertiary/aromatic N) is 2. The third kappa shape index (κ3) is 2.26. The zero-order valence-electron chi connectivity index (χ0n) is 11.4. The highest BCUT2D eigenvalue weighted by atomic mass is 35.5. The summed E-state index contributed by atoms with van der Waals surface area (Å²) in [6, 6.07) is 6.68. The van der Waals surface area contributed by atoms with Crippen molar-refractivity contribution in [1.29, 1.82) is 5.26 Å². The fraction of sp³-hybridized carbons (Fsp3) is 0.400. The van der Waals surface area contributed by atoms with E-state index in [0.29, 0.717) is 11.3 Å². The first-order valence-electron chi connectivity index (χ1n) is 6.89. The molecule has 2 amide bonds. The van der Waals surface area contributed by atoms with Gasteiger partial charge in [0.25, 0.3) is 5.91 Å². The van der Waals surface area contributed by atoms with Crippen LogP contribution in [-0.4, -0.2) is 11.8 Å². The summed E-state index contributed by atoms with van der Waals surface area (Å²) < 4.78 is 0. The van der Waals surface area contributed by atoms with Crippen LogP contribution in [0.1, 0.15) is 37.7 Å². The number of hydrogen-bond donors (Lipinski definition) is 1. The van der Waals surface area contributed by atoms with E-state index in [1.165, 1.54) is 11.1 Å². The van der Waals surface area contributed by atoms with Gasteiger partial charge in [0.2, 0.25) is 5.91 Å². The van der Waals surface area contributed by atoms with E-state index in [1.54, 1.807) is 12.1 Å². The molecule has 0 aromatic heterocycles. The molecule has 6 heteroatoms. The second-order valence-electron chi connectivity index (χ2n) is 5.62. The monoisotopic (exact) mass is 303 g/mol. The van der Waals surface area contributed by atoms with Crippen molar-refractivity contribution >= 4 is 29.1 Å². The van der Waals surface area contributed by atoms with Gasteiger partial charge >= 0.3 is 0 Å². The minimum absolute atomic E-state index is 0.0830. The number of benzene rings is 1. The number of hydrazine groups is 1. The summed E-state index contributed by atoms with van der Waals surface area (Å²) in [5.74, 6) is -0.239. The number of nitrogens with one attached hydrogen (secondary N) is 1. The molecule has 1 heterocycles. The Morgan fingerprint density at radius 2 is 2.00 bits per heavy atom. The van der Waals surface area contributed by atoms with Crippen molar-refractivity contribution in [2.45, 2.75) is 32.1 Å². The molecule has 0 bridgehead atoms. The Morgan fingerprint density at radius 3 is 2.62 bits per heavy atom. The molecule has 1 aliphatic heterocycles. The van der Waals surface area contributed by atoms with Gasteiger partial charge in [0, 0.05) is 6.42 Å². The lowest BCUT2D eigenvalue weighted by Gasteiger charge is -2.38. The van der Waals surface area contributed by atoms with E-state index in [9.17, 15) is 9.59 Å². The fourth-order valence-corrected chi connectivity index (χ4v) is 3.41. The third-order valence-electron chi connectivity index (χ3n) is 4.28. The predicted octanol–water partition coefficient (Wildman–Crippen LogP) is 2.54. The van der Waals surface area contributed by atoms with Crippen molar-refractivity contribution in [3.05, 3.63) is 28.8 Å². The summed E-state index contributed by atoms with van der Waals surface area (Å²) in [6.07, 6.45) is 3.70. The number of hydrogen-bond acceptors (Lipinski definition) is 3. The van der Waals surface area contributed by atoms with Crippen molar-refractivity contribution in [1.82, 2.24) is 5.43 Å². The average Bonchev–Trinajstić information content (AvgIpc) is 2.92. The number of anilines is 1. The summed E-state index contributed by atoms with van der Waals surface area (Å²) in [5.41, 5.74) is 2.86. The smallest absolute Gasteiger partial charge is 0.252 e. The summed E-state index contributed by atoms with van der Waals surface area (Å²) in [4.78, 5) is 24.7. The molecule has 2 aliphatic rings. The molecule has 5 nitrogen and oxygen atoms in total. The number of halogens is 1. The van der Waals surface area contributed by atoms with Crippen LogP contribution in [0.3, 0.4) is 0 Å². The Balaban J connectivity index is 1.97. The van der Waals surface area contributed by atoms with Crippen molar-refractivity contribution in [3.8, 4) is 6.07 Å². The van der Waals surface area contributed by atoms with Gasteiger partial charge in [-0.05, 0) is 31.0 Å². The van der Waals surface area contributed by atoms with Crippen LogP contribution in [0.25, 0.3) is 0 Å². The van der Waals surface area contributed by atoms with Crippen LogP contribution in [0, 0.1) is 16.7 Å². The highest BCUT2D eigenvalue weighted by molar-refractivity contribution is 6.32. The lowest BCUT2D eigenvalue weighted by atomic mass is 9.80. The molecule has 1 aliphatic carbocycles. The van der Waals surface area contributed by atoms with E-state index < -0.39 is 5.41 Å². The Labute approximate surface area is 127 Å². The van der Waals surface area contributed by atoms with E-state index in [1.807, 2.05) is 6.07 Å². The van der Waals surface area contributed by atoms with Gasteiger partial charge in [-0.3, -0.25) is 15.0 Å². The average molecular weight is 304 g/mol. The fourth-order valence-electron chi connectivity index (χ4n) is 3.19. The van der Waals surface area contributed by atoms with Crippen LogP contribution in [0.15, 0.2) is 18.2 Å². The number of amides is 2. The molecule has 0 radical (unpaired) electrons. The molecule has 21 heavy (non-hydrogen) atoms. The first-order valence-corrected chi connectivity index (χ1v) is 7.27. The van der Waals surface area contributed by atoms with Crippen LogP contribution in [-0.2, 0) is 9.59 Å². The van der Waals surface area contributed by atoms with E-state index in [-0.39, 0.29) is 23.3 Å². The maximum absolute atomic E-state index is 12.8. The molecule has 3 rings (SSSR count). The molecule has 1 N–H and O–H groups in total. The quantitative estimate of drug-likeness (QED) is 0.866. The van der Waals surface area contributed by atoms with Crippen LogP contribution in [0.5, 0.6) is 0 Å². The summed E-state index contributed by atoms with van der Waals surface area (Å²) in [5, 5.41) is 10.4. The van der Waals surface area contributed by atoms with Crippen LogP contribution in [0.4, 0.5) is 5.69 Å². The highest BCUT2D eigenvalue weighted by Gasteiger charge is 2.49. The molecule has 1 aromatic rings. The largest absolute Gasteiger partial charge is 0.273 e. The zero-order chi connectivity index (χ0) is 15.0. The van der Waals surface area contributed by atoms with Crippen LogP contribution < -0.4 is 10.4 Å². The first kappa shape index (κ1) is 13.9. The molecule has 1 aromatic carbocycles. The van der Waals surface area contributed by atoms with Crippen LogP contribution >= 0.6 is 11.6 Å². The van der Waals surface area contributed by atoms with Gasteiger partial charge in [-0.15, -0.1) is 0 Å². The maximum Gasteiger partial charge on any atom is 0.252 e. The first-order chi connectivity index (χ1) is 10.1. The topological polar surface area (TPSA) is 73.2 Å². The maximum atomic E-state index is 12.8. The third-order valence-corrected chi connectivity index (χ3v) is 4.60. The normalized spacial score (nSPS) is 20.5. The van der Waals surface area contributed by atoms with Gasteiger partial charge in [0.1, 0.15) is 6.07 Å². The standard InChI is InChI=1S/C15H14ClN3O2/c16-12-7-11(4-3-10(12)9-17)19-14(21)15(5-1-2-6-15)8-13(20)18-19/h3-4,7H,1-2,5-6,8H2,(H,18,20). The highest BCUT2D eigenvalue weighted by Crippen LogP contribution is 2.45. The number of carbonyl (C=O) groups is 2. The Kier molecular flexibility index (Phi) is 3.34. The molecule has 1 saturated carbocycles. The molecular formula is C15H14ClN3O2. The summed E-state index contributed by atoms with van der Waals surface area (Å²) in [6.45, 7) is 0. The zero-order valence-corrected chi connectivity index (χ0v) is 12.1. The lowest BCUT2D eigenvalue weighted by Crippen LogP contribution is -2.58. The number of carbonyl (C=O) groups excluding carboxylic acids is 2. The van der Waals surface area contributed by atoms with E-state index in [2.05, 4.69) is 5.43 Å². The molecule has 1 spiro atoms. The van der Waals surface area contributed by atoms with Gasteiger partial charge < -0.3 is 0 Å². The molecule has 2 fully saturated rings. The second-order valence-corrected chi connectivity index (χ2v) is 6.02. The minimum atomic E-state index is -0.567. The molecule has 1 saturated heterocycles. The van der Waals surface area contributed by atoms with E-state index >= 15 is 0 Å². The van der Waals surface area contributed by atoms with E-state index in [0.717, 1.165) is 25.7 Å². The van der Waals surface area contributed by atoms with Gasteiger partial charge in [-0.1, -0.05) is 24.4 Å². The molecule has 0 unspecified atom stereocenters. The predicted molar refractivity (Wildman–Crippen MR) is 77.3 cm³/mol. The number of nitriles is 1. The summed E-state index contributed by atoms with van der Waals surface area (Å²) in [7, 11) is 0. The van der Waals surface area contributed by atoms with Crippen LogP contribution in [0.2, 0.25) is 5.02 Å². The van der Waals surface area contributed by atoms with Gasteiger partial charge in [0.05, 0.1) is 21.7 Å². The number of rotatable bonds is 1. The molecule has 0 atom stereocenters. The van der Waals surface area contributed by atoms with Gasteiger partial charge in [-0.2, -0.15) is 5.26 Å². The van der Waals surface area contributed by atoms with Crippen molar-refractivity contribution in [2.24, 2.45) is 5.41 Å². The van der Waals surface area contributed by atoms with Crippen molar-refractivity contribution in [2.75, 3.05) is 5.01 Å². The lowest BCUT2D eigenvalue weighted by molar-refractivity contribution is -0.140. The SMILES string of the molecule is N#Cc1ccc(N2NC(=O)CC3(CCCC3)C2=O)cc1Cl. The van der Waals surface area contributed by atoms with Gasteiger partial charge in [-0.25, -0.2) is 5.01 Å². The van der Waals surface area contributed by atoms with Crippen molar-refractivity contribution in [3.63, 3.8) is 0 Å². The second kappa shape index (κ2) is 5.05. The summed E-state index contributed by atoms with van der Waals surface area (Å²) >= 11 is 6.01. The van der Waals surface area contributed by atoms with E-state index in [4.69, 9.17) is 16.9 Å².